The van der Waals surface area contributed by atoms with Gasteiger partial charge in [-0.1, -0.05) is 0 Å². The van der Waals surface area contributed by atoms with Crippen LogP contribution in [0.5, 0.6) is 0 Å². The number of aliphatic hydroxyl groups excluding tert-OH is 5. The monoisotopic (exact) mass is 392 g/mol. The van der Waals surface area contributed by atoms with E-state index in [0.29, 0.717) is 0 Å². The minimum atomic E-state index is -1.75. The summed E-state index contributed by atoms with van der Waals surface area (Å²) in [6, 6.07) is 0. The van der Waals surface area contributed by atoms with E-state index < -0.39 is 73.1 Å². The van der Waals surface area contributed by atoms with Crippen molar-refractivity contribution in [3.8, 4) is 0 Å². The maximum atomic E-state index is 11.4. The second-order valence-corrected chi connectivity index (χ2v) is 7.33. The lowest BCUT2D eigenvalue weighted by Crippen LogP contribution is -2.61. The molecular formula is C16H24O11. The Kier molecular flexibility index (Phi) is 5.49. The third-order valence-electron chi connectivity index (χ3n) is 5.65. The average Bonchev–Trinajstić information content (AvgIpc) is 2.85. The van der Waals surface area contributed by atoms with E-state index in [2.05, 4.69) is 0 Å². The topological polar surface area (TPSA) is 186 Å². The third-order valence-corrected chi connectivity index (χ3v) is 5.65. The molecule has 27 heavy (non-hydrogen) atoms. The zero-order chi connectivity index (χ0) is 20.1. The summed E-state index contributed by atoms with van der Waals surface area (Å²) >= 11 is 0. The highest BCUT2D eigenvalue weighted by Crippen LogP contribution is 2.49. The van der Waals surface area contributed by atoms with E-state index in [1.807, 2.05) is 0 Å². The molecule has 1 aliphatic carbocycles. The van der Waals surface area contributed by atoms with Crippen LogP contribution in [-0.2, 0) is 19.0 Å². The van der Waals surface area contributed by atoms with Gasteiger partial charge in [-0.2, -0.15) is 0 Å². The second-order valence-electron chi connectivity index (χ2n) is 7.33. The predicted octanol–water partition coefficient (Wildman–Crippen LogP) is -3.12. The molecule has 0 aromatic rings. The van der Waals surface area contributed by atoms with Crippen LogP contribution in [0.25, 0.3) is 0 Å². The number of carboxylic acid groups (broad SMARTS) is 1. The number of ether oxygens (including phenoxy) is 3. The van der Waals surface area contributed by atoms with Gasteiger partial charge in [0, 0.05) is 5.92 Å². The smallest absolute Gasteiger partial charge is 0.334 e. The predicted molar refractivity (Wildman–Crippen MR) is 83.7 cm³/mol. The minimum absolute atomic E-state index is 0.0340. The molecule has 154 valence electrons. The van der Waals surface area contributed by atoms with E-state index in [1.54, 1.807) is 0 Å². The second kappa shape index (κ2) is 7.26. The highest BCUT2D eigenvalue weighted by atomic mass is 16.8. The Balaban J connectivity index is 1.85. The van der Waals surface area contributed by atoms with Crippen molar-refractivity contribution >= 4 is 5.97 Å². The van der Waals surface area contributed by atoms with Gasteiger partial charge < -0.3 is 50.0 Å². The molecule has 0 aromatic carbocycles. The summed E-state index contributed by atoms with van der Waals surface area (Å²) in [6.45, 7) is 0.669. The molecule has 2 heterocycles. The molecular weight excluding hydrogens is 368 g/mol. The van der Waals surface area contributed by atoms with E-state index in [9.17, 15) is 40.5 Å². The lowest BCUT2D eigenvalue weighted by molar-refractivity contribution is -0.347. The van der Waals surface area contributed by atoms with Gasteiger partial charge in [-0.05, 0) is 13.3 Å². The van der Waals surface area contributed by atoms with E-state index in [0.717, 1.165) is 6.26 Å². The zero-order valence-corrected chi connectivity index (χ0v) is 14.5. The summed E-state index contributed by atoms with van der Waals surface area (Å²) < 4.78 is 16.1. The first kappa shape index (κ1) is 20.4. The molecule has 2 fully saturated rings. The molecule has 1 saturated carbocycles. The van der Waals surface area contributed by atoms with Crippen molar-refractivity contribution in [3.05, 3.63) is 11.8 Å². The Morgan fingerprint density at radius 3 is 2.48 bits per heavy atom. The number of rotatable bonds is 4. The van der Waals surface area contributed by atoms with Crippen LogP contribution >= 0.6 is 0 Å². The normalized spacial score (nSPS) is 49.9. The average molecular weight is 392 g/mol. The van der Waals surface area contributed by atoms with Crippen LogP contribution in [0.3, 0.4) is 0 Å². The van der Waals surface area contributed by atoms with Crippen LogP contribution in [0.15, 0.2) is 11.8 Å². The summed E-state index contributed by atoms with van der Waals surface area (Å²) in [5.74, 6) is -3.05. The number of hydrogen-bond donors (Lipinski definition) is 7. The SMILES string of the molecule is C[C@@]1(O)[C@H]2[C@H](O[C@@H]3O[C@H](CO)[C@@H](O)[C@H](O)[C@H]3O)OC=C(C(=O)O)[C@H]2C[C@@H]1O. The first-order valence-corrected chi connectivity index (χ1v) is 8.54. The highest BCUT2D eigenvalue weighted by molar-refractivity contribution is 5.87. The summed E-state index contributed by atoms with van der Waals surface area (Å²) in [7, 11) is 0. The molecule has 0 amide bonds. The van der Waals surface area contributed by atoms with Crippen molar-refractivity contribution in [1.29, 1.82) is 0 Å². The Morgan fingerprint density at radius 1 is 1.22 bits per heavy atom. The van der Waals surface area contributed by atoms with Gasteiger partial charge in [0.2, 0.25) is 6.29 Å². The summed E-state index contributed by atoms with van der Waals surface area (Å²) in [5, 5.41) is 69.1. The number of fused-ring (bicyclic) bond motifs is 1. The van der Waals surface area contributed by atoms with Crippen LogP contribution < -0.4 is 0 Å². The fraction of sp³-hybridized carbons (Fsp3) is 0.812. The van der Waals surface area contributed by atoms with Crippen molar-refractivity contribution < 1.29 is 54.8 Å². The zero-order valence-electron chi connectivity index (χ0n) is 14.5. The van der Waals surface area contributed by atoms with E-state index in [4.69, 9.17) is 14.2 Å². The van der Waals surface area contributed by atoms with Crippen LogP contribution in [-0.4, -0.2) is 97.0 Å². The summed E-state index contributed by atoms with van der Waals surface area (Å²) in [4.78, 5) is 11.4. The number of carboxylic acids is 1. The molecule has 11 heteroatoms. The first-order chi connectivity index (χ1) is 12.6. The third kappa shape index (κ3) is 3.34. The largest absolute Gasteiger partial charge is 0.478 e. The standard InChI is InChI=1S/C16H24O11/c1-16(24)8(18)2-5-6(13(22)23)4-25-14(9(5)16)27-15-12(21)11(20)10(19)7(3-17)26-15/h4-5,7-12,14-15,17-21,24H,2-3H2,1H3,(H,22,23)/t5-,7-,8+,9-,10-,11+,12-,14+,15+,16+/m1/s1. The number of carbonyl (C=O) groups is 1. The van der Waals surface area contributed by atoms with Crippen LogP contribution in [0.1, 0.15) is 13.3 Å². The lowest BCUT2D eigenvalue weighted by Gasteiger charge is -2.44. The molecule has 1 saturated heterocycles. The highest BCUT2D eigenvalue weighted by Gasteiger charge is 2.59. The van der Waals surface area contributed by atoms with Crippen LogP contribution in [0.4, 0.5) is 0 Å². The van der Waals surface area contributed by atoms with Crippen molar-refractivity contribution in [2.24, 2.45) is 11.8 Å². The Hall–Kier alpha value is -1.31. The molecule has 11 nitrogen and oxygen atoms in total. The Labute approximate surface area is 154 Å². The molecule has 10 atom stereocenters. The fourth-order valence-corrected chi connectivity index (χ4v) is 3.99. The maximum Gasteiger partial charge on any atom is 0.334 e. The van der Waals surface area contributed by atoms with E-state index in [1.165, 1.54) is 6.92 Å². The van der Waals surface area contributed by atoms with Gasteiger partial charge in [-0.25, -0.2) is 4.79 Å². The molecule has 7 N–H and O–H groups in total. The molecule has 2 aliphatic heterocycles. The van der Waals surface area contributed by atoms with Gasteiger partial charge in [-0.3, -0.25) is 0 Å². The molecule has 0 unspecified atom stereocenters. The van der Waals surface area contributed by atoms with Crippen molar-refractivity contribution in [2.45, 2.75) is 62.0 Å². The fourth-order valence-electron chi connectivity index (χ4n) is 3.99. The first-order valence-electron chi connectivity index (χ1n) is 8.54. The molecule has 3 aliphatic rings. The van der Waals surface area contributed by atoms with Crippen molar-refractivity contribution in [2.75, 3.05) is 6.61 Å². The number of hydrogen-bond acceptors (Lipinski definition) is 10. The van der Waals surface area contributed by atoms with Gasteiger partial charge in [0.25, 0.3) is 0 Å². The molecule has 3 rings (SSSR count). The quantitative estimate of drug-likeness (QED) is 0.256. The summed E-state index contributed by atoms with van der Waals surface area (Å²) in [5.41, 5.74) is -1.89. The molecule has 0 radical (unpaired) electrons. The van der Waals surface area contributed by atoms with Gasteiger partial charge in [-0.15, -0.1) is 0 Å². The molecule has 0 aromatic heterocycles. The maximum absolute atomic E-state index is 11.4. The minimum Gasteiger partial charge on any atom is -0.478 e. The number of aliphatic hydroxyl groups is 6. The van der Waals surface area contributed by atoms with Crippen LogP contribution in [0, 0.1) is 11.8 Å². The van der Waals surface area contributed by atoms with E-state index in [-0.39, 0.29) is 12.0 Å². The molecule has 0 bridgehead atoms. The van der Waals surface area contributed by atoms with Crippen molar-refractivity contribution in [1.82, 2.24) is 0 Å². The van der Waals surface area contributed by atoms with Crippen molar-refractivity contribution in [3.63, 3.8) is 0 Å². The Bertz CT molecular complexity index is 603. The Morgan fingerprint density at radius 2 is 1.89 bits per heavy atom. The van der Waals surface area contributed by atoms with Gasteiger partial charge in [0.05, 0.1) is 36.1 Å². The van der Waals surface area contributed by atoms with E-state index >= 15 is 0 Å². The van der Waals surface area contributed by atoms with Gasteiger partial charge >= 0.3 is 5.97 Å². The van der Waals surface area contributed by atoms with Gasteiger partial charge in [0.15, 0.2) is 6.29 Å². The summed E-state index contributed by atoms with van der Waals surface area (Å²) in [6.07, 6.45) is -9.29. The van der Waals surface area contributed by atoms with Crippen LogP contribution in [0.2, 0.25) is 0 Å². The lowest BCUT2D eigenvalue weighted by atomic mass is 9.81. The van der Waals surface area contributed by atoms with Gasteiger partial charge in [0.1, 0.15) is 24.4 Å². The number of aliphatic carboxylic acids is 1. The molecule has 0 spiro atoms.